The average Bonchev–Trinajstić information content (AvgIpc) is 2.49. The van der Waals surface area contributed by atoms with E-state index in [9.17, 15) is 4.79 Å². The van der Waals surface area contributed by atoms with Gasteiger partial charge in [-0.25, -0.2) is 0 Å². The summed E-state index contributed by atoms with van der Waals surface area (Å²) in [5.74, 6) is 0.203. The van der Waals surface area contributed by atoms with Crippen molar-refractivity contribution in [2.24, 2.45) is 5.41 Å². The van der Waals surface area contributed by atoms with Crippen molar-refractivity contribution in [1.29, 1.82) is 0 Å². The van der Waals surface area contributed by atoms with E-state index in [1.807, 2.05) is 0 Å². The molecular formula is C12H21NO2. The van der Waals surface area contributed by atoms with Crippen LogP contribution in [0.2, 0.25) is 0 Å². The Kier molecular flexibility index (Phi) is 3.91. The van der Waals surface area contributed by atoms with Gasteiger partial charge in [0.2, 0.25) is 0 Å². The third kappa shape index (κ3) is 3.67. The van der Waals surface area contributed by atoms with Crippen LogP contribution < -0.4 is 5.32 Å². The molecule has 0 saturated heterocycles. The molecule has 0 heterocycles. The molecule has 1 aliphatic carbocycles. The quantitative estimate of drug-likeness (QED) is 0.743. The number of carbonyl (C=O) groups is 1. The minimum Gasteiger partial charge on any atom is -0.396 e. The average molecular weight is 211 g/mol. The largest absolute Gasteiger partial charge is 0.396 e. The zero-order valence-corrected chi connectivity index (χ0v) is 9.84. The highest BCUT2D eigenvalue weighted by atomic mass is 16.3. The normalized spacial score (nSPS) is 18.9. The summed E-state index contributed by atoms with van der Waals surface area (Å²) in [4.78, 5) is 11.1. The van der Waals surface area contributed by atoms with Gasteiger partial charge in [-0.05, 0) is 18.3 Å². The van der Waals surface area contributed by atoms with Crippen LogP contribution in [0, 0.1) is 5.41 Å². The summed E-state index contributed by atoms with van der Waals surface area (Å²) in [6, 6.07) is 0.222. The molecule has 2 N–H and O–H groups in total. The minimum atomic E-state index is 0.0925. The van der Waals surface area contributed by atoms with Crippen LogP contribution in [-0.4, -0.2) is 23.5 Å². The highest BCUT2D eigenvalue weighted by molar-refractivity contribution is 5.92. The molecule has 0 aliphatic heterocycles. The number of allylic oxidation sites excluding steroid dienone is 2. The van der Waals surface area contributed by atoms with E-state index in [1.165, 1.54) is 0 Å². The summed E-state index contributed by atoms with van der Waals surface area (Å²) >= 11 is 0. The first-order chi connectivity index (χ1) is 6.93. The molecule has 0 radical (unpaired) electrons. The summed E-state index contributed by atoms with van der Waals surface area (Å²) in [6.07, 6.45) is 3.85. The fourth-order valence-electron chi connectivity index (χ4n) is 1.78. The van der Waals surface area contributed by atoms with Gasteiger partial charge in [0.15, 0.2) is 5.78 Å². The Morgan fingerprint density at radius 1 is 1.47 bits per heavy atom. The van der Waals surface area contributed by atoms with E-state index in [0.29, 0.717) is 6.42 Å². The Bertz CT molecular complexity index is 263. The van der Waals surface area contributed by atoms with Crippen molar-refractivity contribution >= 4 is 5.78 Å². The molecule has 3 nitrogen and oxygen atoms in total. The van der Waals surface area contributed by atoms with Gasteiger partial charge < -0.3 is 10.4 Å². The molecule has 1 aliphatic rings. The first-order valence-electron chi connectivity index (χ1n) is 5.54. The molecule has 0 aromatic rings. The van der Waals surface area contributed by atoms with Gasteiger partial charge in [-0.2, -0.15) is 0 Å². The molecule has 0 aromatic carbocycles. The predicted molar refractivity (Wildman–Crippen MR) is 60.4 cm³/mol. The maximum absolute atomic E-state index is 11.1. The number of hydrogen-bond donors (Lipinski definition) is 2. The first-order valence-corrected chi connectivity index (χ1v) is 5.54. The van der Waals surface area contributed by atoms with Gasteiger partial charge in [0, 0.05) is 30.8 Å². The molecule has 0 amide bonds. The topological polar surface area (TPSA) is 49.3 Å². The fraction of sp³-hybridized carbons (Fsp3) is 0.750. The zero-order valence-electron chi connectivity index (χ0n) is 9.84. The number of aliphatic hydroxyl groups is 1. The Hall–Kier alpha value is -0.830. The lowest BCUT2D eigenvalue weighted by Gasteiger charge is -2.32. The smallest absolute Gasteiger partial charge is 0.157 e. The van der Waals surface area contributed by atoms with Crippen LogP contribution in [0.1, 0.15) is 40.0 Å². The fourth-order valence-corrected chi connectivity index (χ4v) is 1.78. The van der Waals surface area contributed by atoms with Crippen LogP contribution in [0.4, 0.5) is 0 Å². The van der Waals surface area contributed by atoms with E-state index in [1.54, 1.807) is 6.08 Å². The summed E-state index contributed by atoms with van der Waals surface area (Å²) in [6.45, 7) is 6.59. The molecular weight excluding hydrogens is 190 g/mol. The molecule has 0 saturated carbocycles. The van der Waals surface area contributed by atoms with E-state index in [0.717, 1.165) is 18.5 Å². The lowest BCUT2D eigenvalue weighted by molar-refractivity contribution is -0.114. The summed E-state index contributed by atoms with van der Waals surface area (Å²) in [5.41, 5.74) is 1.11. The Morgan fingerprint density at radius 3 is 2.53 bits per heavy atom. The van der Waals surface area contributed by atoms with Gasteiger partial charge in [-0.1, -0.05) is 20.8 Å². The van der Waals surface area contributed by atoms with Crippen molar-refractivity contribution in [3.8, 4) is 0 Å². The SMILES string of the molecule is CC(C)(C)C(CCO)NC1=CC(=O)CC1. The number of hydrogen-bond acceptors (Lipinski definition) is 3. The molecule has 15 heavy (non-hydrogen) atoms. The van der Waals surface area contributed by atoms with E-state index in [-0.39, 0.29) is 23.8 Å². The highest BCUT2D eigenvalue weighted by Gasteiger charge is 2.25. The Labute approximate surface area is 91.6 Å². The number of ketones is 1. The van der Waals surface area contributed by atoms with Crippen molar-refractivity contribution < 1.29 is 9.90 Å². The molecule has 1 rings (SSSR count). The first kappa shape index (κ1) is 12.2. The monoisotopic (exact) mass is 211 g/mol. The Morgan fingerprint density at radius 2 is 2.13 bits per heavy atom. The second kappa shape index (κ2) is 4.79. The van der Waals surface area contributed by atoms with Crippen molar-refractivity contribution in [2.45, 2.75) is 46.1 Å². The standard InChI is InChI=1S/C12H21NO2/c1-12(2,3)11(6-7-14)13-9-4-5-10(15)8-9/h8,11,13-14H,4-7H2,1-3H3. The highest BCUT2D eigenvalue weighted by Crippen LogP contribution is 2.24. The molecule has 0 spiro atoms. The molecule has 1 atom stereocenters. The maximum Gasteiger partial charge on any atom is 0.157 e. The van der Waals surface area contributed by atoms with Gasteiger partial charge in [0.25, 0.3) is 0 Å². The number of rotatable bonds is 4. The Balaban J connectivity index is 2.59. The lowest BCUT2D eigenvalue weighted by Crippen LogP contribution is -2.40. The van der Waals surface area contributed by atoms with Gasteiger partial charge >= 0.3 is 0 Å². The number of nitrogens with one attached hydrogen (secondary N) is 1. The molecule has 0 fully saturated rings. The van der Waals surface area contributed by atoms with E-state index in [2.05, 4.69) is 26.1 Å². The molecule has 0 bridgehead atoms. The minimum absolute atomic E-state index is 0.0925. The van der Waals surface area contributed by atoms with Crippen LogP contribution in [0.15, 0.2) is 11.8 Å². The second-order valence-electron chi connectivity index (χ2n) is 5.21. The second-order valence-corrected chi connectivity index (χ2v) is 5.21. The van der Waals surface area contributed by atoms with Crippen molar-refractivity contribution in [3.63, 3.8) is 0 Å². The zero-order chi connectivity index (χ0) is 11.5. The third-order valence-corrected chi connectivity index (χ3v) is 2.80. The molecule has 86 valence electrons. The summed E-state index contributed by atoms with van der Waals surface area (Å²) in [5, 5.41) is 12.4. The van der Waals surface area contributed by atoms with Crippen molar-refractivity contribution in [3.05, 3.63) is 11.8 Å². The van der Waals surface area contributed by atoms with Gasteiger partial charge in [-0.15, -0.1) is 0 Å². The summed E-state index contributed by atoms with van der Waals surface area (Å²) < 4.78 is 0. The lowest BCUT2D eigenvalue weighted by atomic mass is 9.84. The number of carbonyl (C=O) groups excluding carboxylic acids is 1. The van der Waals surface area contributed by atoms with Crippen LogP contribution in [0.25, 0.3) is 0 Å². The van der Waals surface area contributed by atoms with Crippen LogP contribution in [0.5, 0.6) is 0 Å². The third-order valence-electron chi connectivity index (χ3n) is 2.80. The predicted octanol–water partition coefficient (Wildman–Crippen LogP) is 1.62. The molecule has 1 unspecified atom stereocenters. The van der Waals surface area contributed by atoms with Gasteiger partial charge in [0.05, 0.1) is 0 Å². The van der Waals surface area contributed by atoms with E-state index in [4.69, 9.17) is 5.11 Å². The van der Waals surface area contributed by atoms with Gasteiger partial charge in [0.1, 0.15) is 0 Å². The van der Waals surface area contributed by atoms with Crippen molar-refractivity contribution in [1.82, 2.24) is 5.32 Å². The van der Waals surface area contributed by atoms with Gasteiger partial charge in [-0.3, -0.25) is 4.79 Å². The molecule has 0 aromatic heterocycles. The van der Waals surface area contributed by atoms with E-state index >= 15 is 0 Å². The molecule has 3 heteroatoms. The number of aliphatic hydroxyl groups excluding tert-OH is 1. The van der Waals surface area contributed by atoms with Crippen molar-refractivity contribution in [2.75, 3.05) is 6.61 Å². The van der Waals surface area contributed by atoms with Crippen LogP contribution in [-0.2, 0) is 4.79 Å². The maximum atomic E-state index is 11.1. The van der Waals surface area contributed by atoms with Crippen LogP contribution >= 0.6 is 0 Å². The summed E-state index contributed by atoms with van der Waals surface area (Å²) in [7, 11) is 0. The van der Waals surface area contributed by atoms with Crippen LogP contribution in [0.3, 0.4) is 0 Å². The van der Waals surface area contributed by atoms with E-state index < -0.39 is 0 Å².